The number of piperazine rings is 1. The van der Waals surface area contributed by atoms with Gasteiger partial charge in [-0.05, 0) is 35.2 Å². The second kappa shape index (κ2) is 6.63. The average molecular weight is 323 g/mol. The predicted octanol–water partition coefficient (Wildman–Crippen LogP) is 3.34. The Morgan fingerprint density at radius 1 is 0.958 bits per heavy atom. The Hall–Kier alpha value is -2.36. The Morgan fingerprint density at radius 3 is 2.17 bits per heavy atom. The number of pyridine rings is 1. The van der Waals surface area contributed by atoms with Crippen molar-refractivity contribution in [2.75, 3.05) is 31.1 Å². The summed E-state index contributed by atoms with van der Waals surface area (Å²) >= 11 is 0. The van der Waals surface area contributed by atoms with Crippen LogP contribution in [0.1, 0.15) is 36.7 Å². The molecule has 0 aliphatic carbocycles. The van der Waals surface area contributed by atoms with E-state index < -0.39 is 0 Å². The number of aromatic nitrogens is 1. The maximum Gasteiger partial charge on any atom is 0.253 e. The van der Waals surface area contributed by atoms with E-state index in [1.54, 1.807) is 0 Å². The van der Waals surface area contributed by atoms with Gasteiger partial charge in [0.05, 0.1) is 0 Å². The Morgan fingerprint density at radius 2 is 1.62 bits per heavy atom. The van der Waals surface area contributed by atoms with Crippen molar-refractivity contribution in [1.82, 2.24) is 9.88 Å². The highest BCUT2D eigenvalue weighted by molar-refractivity contribution is 5.94. The molecule has 1 aliphatic heterocycles. The van der Waals surface area contributed by atoms with Crippen LogP contribution in [0.15, 0.2) is 48.7 Å². The molecule has 1 aliphatic rings. The number of anilines is 1. The van der Waals surface area contributed by atoms with Gasteiger partial charge in [0.15, 0.2) is 0 Å². The molecular formula is C20H25N3O. The zero-order valence-corrected chi connectivity index (χ0v) is 14.7. The smallest absolute Gasteiger partial charge is 0.253 e. The molecule has 0 radical (unpaired) electrons. The van der Waals surface area contributed by atoms with Crippen molar-refractivity contribution in [3.63, 3.8) is 0 Å². The molecule has 1 amide bonds. The first-order chi connectivity index (χ1) is 11.4. The standard InChI is InChI=1S/C20H25N3O/c1-20(2,3)17-9-7-16(8-10-17)19(24)23-14-12-22(13-15-23)18-6-4-5-11-21-18/h4-11H,12-15H2,1-3H3. The van der Waals surface area contributed by atoms with Crippen LogP contribution in [-0.2, 0) is 5.41 Å². The van der Waals surface area contributed by atoms with Crippen LogP contribution in [0.2, 0.25) is 0 Å². The van der Waals surface area contributed by atoms with Crippen molar-refractivity contribution in [3.8, 4) is 0 Å². The van der Waals surface area contributed by atoms with Gasteiger partial charge in [0.25, 0.3) is 5.91 Å². The third-order valence-corrected chi connectivity index (χ3v) is 4.54. The summed E-state index contributed by atoms with van der Waals surface area (Å²) in [5, 5.41) is 0. The van der Waals surface area contributed by atoms with Crippen molar-refractivity contribution < 1.29 is 4.79 Å². The summed E-state index contributed by atoms with van der Waals surface area (Å²) in [6, 6.07) is 14.0. The molecule has 2 heterocycles. The zero-order chi connectivity index (χ0) is 17.2. The van der Waals surface area contributed by atoms with Gasteiger partial charge in [-0.15, -0.1) is 0 Å². The van der Waals surface area contributed by atoms with E-state index in [0.717, 1.165) is 37.6 Å². The average Bonchev–Trinajstić information content (AvgIpc) is 2.61. The first-order valence-corrected chi connectivity index (χ1v) is 8.51. The summed E-state index contributed by atoms with van der Waals surface area (Å²) in [5.41, 5.74) is 2.13. The quantitative estimate of drug-likeness (QED) is 0.850. The molecule has 1 saturated heterocycles. The van der Waals surface area contributed by atoms with E-state index in [1.165, 1.54) is 5.56 Å². The van der Waals surface area contributed by atoms with Gasteiger partial charge in [-0.25, -0.2) is 4.98 Å². The molecule has 0 atom stereocenters. The van der Waals surface area contributed by atoms with Crippen molar-refractivity contribution in [2.24, 2.45) is 0 Å². The number of rotatable bonds is 2. The summed E-state index contributed by atoms with van der Waals surface area (Å²) < 4.78 is 0. The van der Waals surface area contributed by atoms with Gasteiger partial charge in [-0.2, -0.15) is 0 Å². The molecule has 4 heteroatoms. The molecule has 4 nitrogen and oxygen atoms in total. The van der Waals surface area contributed by atoms with Crippen molar-refractivity contribution in [1.29, 1.82) is 0 Å². The highest BCUT2D eigenvalue weighted by Gasteiger charge is 2.23. The Kier molecular flexibility index (Phi) is 4.56. The molecule has 0 unspecified atom stereocenters. The molecule has 0 N–H and O–H groups in total. The van der Waals surface area contributed by atoms with Gasteiger partial charge in [0.1, 0.15) is 5.82 Å². The number of carbonyl (C=O) groups is 1. The molecule has 126 valence electrons. The number of benzene rings is 1. The van der Waals surface area contributed by atoms with Crippen molar-refractivity contribution in [3.05, 3.63) is 59.8 Å². The van der Waals surface area contributed by atoms with Gasteiger partial charge in [0.2, 0.25) is 0 Å². The van der Waals surface area contributed by atoms with E-state index in [4.69, 9.17) is 0 Å². The molecule has 1 fully saturated rings. The van der Waals surface area contributed by atoms with E-state index in [1.807, 2.05) is 41.4 Å². The lowest BCUT2D eigenvalue weighted by Crippen LogP contribution is -2.49. The van der Waals surface area contributed by atoms with Crippen LogP contribution in [0.4, 0.5) is 5.82 Å². The molecule has 2 aromatic rings. The minimum atomic E-state index is 0.107. The minimum Gasteiger partial charge on any atom is -0.353 e. The highest BCUT2D eigenvalue weighted by Crippen LogP contribution is 2.23. The fourth-order valence-electron chi connectivity index (χ4n) is 2.97. The van der Waals surface area contributed by atoms with Crippen LogP contribution < -0.4 is 4.90 Å². The number of nitrogens with zero attached hydrogens (tertiary/aromatic N) is 3. The molecule has 1 aromatic heterocycles. The van der Waals surface area contributed by atoms with Crippen LogP contribution in [0.3, 0.4) is 0 Å². The van der Waals surface area contributed by atoms with Crippen molar-refractivity contribution >= 4 is 11.7 Å². The summed E-state index contributed by atoms with van der Waals surface area (Å²) in [5.74, 6) is 1.11. The highest BCUT2D eigenvalue weighted by atomic mass is 16.2. The summed E-state index contributed by atoms with van der Waals surface area (Å²) in [6.07, 6.45) is 1.81. The molecule has 1 aromatic carbocycles. The van der Waals surface area contributed by atoms with Crippen LogP contribution in [0, 0.1) is 0 Å². The lowest BCUT2D eigenvalue weighted by molar-refractivity contribution is 0.0746. The molecule has 0 bridgehead atoms. The largest absolute Gasteiger partial charge is 0.353 e. The predicted molar refractivity (Wildman–Crippen MR) is 97.5 cm³/mol. The topological polar surface area (TPSA) is 36.4 Å². The summed E-state index contributed by atoms with van der Waals surface area (Å²) in [7, 11) is 0. The monoisotopic (exact) mass is 323 g/mol. The first-order valence-electron chi connectivity index (χ1n) is 8.51. The van der Waals surface area contributed by atoms with E-state index in [-0.39, 0.29) is 11.3 Å². The normalized spacial score (nSPS) is 15.5. The fourth-order valence-corrected chi connectivity index (χ4v) is 2.97. The summed E-state index contributed by atoms with van der Waals surface area (Å²) in [4.78, 5) is 21.2. The second-order valence-electron chi connectivity index (χ2n) is 7.29. The van der Waals surface area contributed by atoms with Gasteiger partial charge >= 0.3 is 0 Å². The number of hydrogen-bond acceptors (Lipinski definition) is 3. The Balaban J connectivity index is 1.63. The van der Waals surface area contributed by atoms with Gasteiger partial charge in [-0.1, -0.05) is 39.0 Å². The Bertz CT molecular complexity index is 681. The molecule has 0 saturated carbocycles. The number of carbonyl (C=O) groups excluding carboxylic acids is 1. The summed E-state index contributed by atoms with van der Waals surface area (Å²) in [6.45, 7) is 9.65. The van der Waals surface area contributed by atoms with E-state index >= 15 is 0 Å². The van der Waals surface area contributed by atoms with Crippen molar-refractivity contribution in [2.45, 2.75) is 26.2 Å². The van der Waals surface area contributed by atoms with E-state index in [2.05, 4.69) is 42.8 Å². The SMILES string of the molecule is CC(C)(C)c1ccc(C(=O)N2CCN(c3ccccn3)CC2)cc1. The van der Waals surface area contributed by atoms with Gasteiger partial charge in [0, 0.05) is 37.9 Å². The lowest BCUT2D eigenvalue weighted by atomic mass is 9.86. The van der Waals surface area contributed by atoms with Crippen LogP contribution in [0.25, 0.3) is 0 Å². The zero-order valence-electron chi connectivity index (χ0n) is 14.7. The van der Waals surface area contributed by atoms with E-state index in [9.17, 15) is 4.79 Å². The molecule has 0 spiro atoms. The van der Waals surface area contributed by atoms with Gasteiger partial charge in [-0.3, -0.25) is 4.79 Å². The van der Waals surface area contributed by atoms with Crippen LogP contribution in [0.5, 0.6) is 0 Å². The number of hydrogen-bond donors (Lipinski definition) is 0. The van der Waals surface area contributed by atoms with Crippen LogP contribution >= 0.6 is 0 Å². The van der Waals surface area contributed by atoms with Gasteiger partial charge < -0.3 is 9.80 Å². The Labute approximate surface area is 144 Å². The molecular weight excluding hydrogens is 298 g/mol. The number of amides is 1. The minimum absolute atomic E-state index is 0.107. The third-order valence-electron chi connectivity index (χ3n) is 4.54. The molecule has 24 heavy (non-hydrogen) atoms. The first kappa shape index (κ1) is 16.5. The molecule has 3 rings (SSSR count). The maximum absolute atomic E-state index is 12.7. The fraction of sp³-hybridized carbons (Fsp3) is 0.400. The third kappa shape index (κ3) is 3.58. The lowest BCUT2D eigenvalue weighted by Gasteiger charge is -2.35. The maximum atomic E-state index is 12.7. The van der Waals surface area contributed by atoms with Crippen LogP contribution in [-0.4, -0.2) is 42.0 Å². The van der Waals surface area contributed by atoms with E-state index in [0.29, 0.717) is 0 Å². The second-order valence-corrected chi connectivity index (χ2v) is 7.29.